The number of nitrogens with two attached hydrogens (primary N) is 1. The first-order valence-electron chi connectivity index (χ1n) is 7.78. The van der Waals surface area contributed by atoms with E-state index in [1.54, 1.807) is 23.9 Å². The second-order valence-electron chi connectivity index (χ2n) is 6.21. The van der Waals surface area contributed by atoms with Gasteiger partial charge in [-0.3, -0.25) is 9.59 Å². The van der Waals surface area contributed by atoms with Crippen molar-refractivity contribution in [3.63, 3.8) is 0 Å². The van der Waals surface area contributed by atoms with Gasteiger partial charge in [-0.1, -0.05) is 18.2 Å². The third-order valence-electron chi connectivity index (χ3n) is 4.60. The lowest BCUT2D eigenvalue weighted by molar-refractivity contribution is -0.119. The average Bonchev–Trinajstić information content (AvgIpc) is 2.53. The molecule has 2 aromatic rings. The van der Waals surface area contributed by atoms with Crippen LogP contribution in [0, 0.1) is 0 Å². The van der Waals surface area contributed by atoms with Crippen molar-refractivity contribution in [2.75, 3.05) is 4.90 Å². The Morgan fingerprint density at radius 3 is 2.74 bits per heavy atom. The van der Waals surface area contributed by atoms with E-state index in [1.807, 2.05) is 30.3 Å². The fourth-order valence-corrected chi connectivity index (χ4v) is 3.27. The number of para-hydroxylation sites is 1. The summed E-state index contributed by atoms with van der Waals surface area (Å²) in [6.45, 7) is 2.73. The van der Waals surface area contributed by atoms with Crippen molar-refractivity contribution >= 4 is 11.6 Å². The van der Waals surface area contributed by atoms with Gasteiger partial charge >= 0.3 is 0 Å². The number of anilines is 1. The Kier molecular flexibility index (Phi) is 3.94. The van der Waals surface area contributed by atoms with Crippen LogP contribution >= 0.6 is 0 Å². The summed E-state index contributed by atoms with van der Waals surface area (Å²) in [6, 6.07) is 11.7. The van der Waals surface area contributed by atoms with Crippen LogP contribution in [-0.2, 0) is 18.4 Å². The molecule has 0 fully saturated rings. The Morgan fingerprint density at radius 2 is 2.04 bits per heavy atom. The number of hydrogen-bond acceptors (Lipinski definition) is 3. The minimum atomic E-state index is -0.280. The van der Waals surface area contributed by atoms with Crippen molar-refractivity contribution in [2.45, 2.75) is 31.8 Å². The molecule has 0 saturated heterocycles. The summed E-state index contributed by atoms with van der Waals surface area (Å²) in [4.78, 5) is 25.8. The number of hydrogen-bond donors (Lipinski definition) is 1. The Morgan fingerprint density at radius 1 is 1.30 bits per heavy atom. The molecule has 5 heteroatoms. The molecule has 1 aromatic heterocycles. The molecule has 23 heavy (non-hydrogen) atoms. The van der Waals surface area contributed by atoms with E-state index >= 15 is 0 Å². The Balaban J connectivity index is 1.98. The summed E-state index contributed by atoms with van der Waals surface area (Å²) in [5.41, 5.74) is 8.52. The van der Waals surface area contributed by atoms with Gasteiger partial charge < -0.3 is 15.2 Å². The number of benzene rings is 1. The largest absolute Gasteiger partial charge is 0.369 e. The van der Waals surface area contributed by atoms with Crippen LogP contribution in [0.25, 0.3) is 0 Å². The maximum Gasteiger partial charge on any atom is 0.250 e. The first-order valence-corrected chi connectivity index (χ1v) is 7.78. The summed E-state index contributed by atoms with van der Waals surface area (Å²) in [5.74, 6) is -0.529. The van der Waals surface area contributed by atoms with E-state index in [-0.39, 0.29) is 23.4 Å². The van der Waals surface area contributed by atoms with Gasteiger partial charge in [0.1, 0.15) is 0 Å². The Hall–Kier alpha value is -2.56. The lowest BCUT2D eigenvalue weighted by Gasteiger charge is -2.40. The molecule has 2 heterocycles. The van der Waals surface area contributed by atoms with E-state index in [2.05, 4.69) is 11.8 Å². The monoisotopic (exact) mass is 311 g/mol. The third-order valence-corrected chi connectivity index (χ3v) is 4.60. The summed E-state index contributed by atoms with van der Waals surface area (Å²) in [5, 5.41) is 0. The number of rotatable bonds is 3. The number of amides is 1. The number of aryl methyl sites for hydroxylation is 1. The third kappa shape index (κ3) is 2.86. The quantitative estimate of drug-likeness (QED) is 0.939. The van der Waals surface area contributed by atoms with Crippen LogP contribution < -0.4 is 16.2 Å². The first kappa shape index (κ1) is 15.3. The van der Waals surface area contributed by atoms with Gasteiger partial charge in [0.05, 0.1) is 5.92 Å². The minimum absolute atomic E-state index is 0.0181. The van der Waals surface area contributed by atoms with Crippen LogP contribution in [-0.4, -0.2) is 16.5 Å². The van der Waals surface area contributed by atoms with Gasteiger partial charge in [0.2, 0.25) is 5.91 Å². The molecule has 1 aliphatic rings. The first-order chi connectivity index (χ1) is 11.0. The van der Waals surface area contributed by atoms with Crippen LogP contribution in [0.2, 0.25) is 0 Å². The zero-order chi connectivity index (χ0) is 16.6. The molecule has 0 bridgehead atoms. The fraction of sp³-hybridized carbons (Fsp3) is 0.333. The molecule has 2 N–H and O–H groups in total. The van der Waals surface area contributed by atoms with Crippen molar-refractivity contribution in [2.24, 2.45) is 12.8 Å². The topological polar surface area (TPSA) is 68.3 Å². The number of carbonyl (C=O) groups excluding carboxylic acids is 1. The number of aromatic nitrogens is 1. The van der Waals surface area contributed by atoms with Gasteiger partial charge in [-0.05, 0) is 36.6 Å². The molecule has 1 aliphatic heterocycles. The molecule has 5 nitrogen and oxygen atoms in total. The molecular formula is C18H21N3O2. The fourth-order valence-electron chi connectivity index (χ4n) is 3.27. The van der Waals surface area contributed by atoms with Crippen molar-refractivity contribution in [1.29, 1.82) is 0 Å². The average molecular weight is 311 g/mol. The SMILES string of the molecule is C[C@@H]1C[C@@H](C(N)=O)c2ccccc2N1Cc1ccn(C)c(=O)c1. The summed E-state index contributed by atoms with van der Waals surface area (Å²) in [7, 11) is 1.74. The summed E-state index contributed by atoms with van der Waals surface area (Å²) < 4.78 is 1.56. The van der Waals surface area contributed by atoms with Crippen molar-refractivity contribution in [1.82, 2.24) is 4.57 Å². The molecule has 2 atom stereocenters. The Bertz CT molecular complexity index is 797. The lowest BCUT2D eigenvalue weighted by atomic mass is 9.85. The van der Waals surface area contributed by atoms with E-state index in [1.165, 1.54) is 0 Å². The zero-order valence-corrected chi connectivity index (χ0v) is 13.4. The maximum atomic E-state index is 11.8. The maximum absolute atomic E-state index is 11.8. The highest BCUT2D eigenvalue weighted by Crippen LogP contribution is 2.38. The van der Waals surface area contributed by atoms with Crippen LogP contribution in [0.4, 0.5) is 5.69 Å². The molecule has 0 aliphatic carbocycles. The molecule has 0 unspecified atom stereocenters. The van der Waals surface area contributed by atoms with Crippen molar-refractivity contribution in [3.05, 3.63) is 64.1 Å². The standard InChI is InChI=1S/C18H21N3O2/c1-12-9-15(18(19)23)14-5-3-4-6-16(14)21(12)11-13-7-8-20(2)17(22)10-13/h3-8,10,12,15H,9,11H2,1-2H3,(H2,19,23)/t12-,15-/m1/s1. The van der Waals surface area contributed by atoms with Gasteiger partial charge in [0, 0.05) is 37.6 Å². The molecule has 1 amide bonds. The van der Waals surface area contributed by atoms with Gasteiger partial charge in [-0.15, -0.1) is 0 Å². The lowest BCUT2D eigenvalue weighted by Crippen LogP contribution is -2.41. The zero-order valence-electron chi connectivity index (χ0n) is 13.4. The number of carbonyl (C=O) groups is 1. The highest BCUT2D eigenvalue weighted by molar-refractivity contribution is 5.85. The number of pyridine rings is 1. The number of fused-ring (bicyclic) bond motifs is 1. The van der Waals surface area contributed by atoms with Crippen molar-refractivity contribution in [3.8, 4) is 0 Å². The summed E-state index contributed by atoms with van der Waals surface area (Å²) >= 11 is 0. The van der Waals surface area contributed by atoms with Crippen molar-refractivity contribution < 1.29 is 4.79 Å². The molecule has 3 rings (SSSR count). The predicted molar refractivity (Wildman–Crippen MR) is 90.3 cm³/mol. The van der Waals surface area contributed by atoms with E-state index in [4.69, 9.17) is 5.73 Å². The molecule has 0 radical (unpaired) electrons. The van der Waals surface area contributed by atoms with Crippen LogP contribution in [0.15, 0.2) is 47.4 Å². The number of nitrogens with zero attached hydrogens (tertiary/aromatic N) is 2. The van der Waals surface area contributed by atoms with E-state index in [0.717, 1.165) is 16.8 Å². The normalized spacial score (nSPS) is 20.2. The second-order valence-corrected chi connectivity index (χ2v) is 6.21. The smallest absolute Gasteiger partial charge is 0.250 e. The predicted octanol–water partition coefficient (Wildman–Crippen LogP) is 1.75. The highest BCUT2D eigenvalue weighted by Gasteiger charge is 2.32. The van der Waals surface area contributed by atoms with E-state index < -0.39 is 0 Å². The molecule has 0 spiro atoms. The van der Waals surface area contributed by atoms with Gasteiger partial charge in [-0.25, -0.2) is 0 Å². The minimum Gasteiger partial charge on any atom is -0.369 e. The summed E-state index contributed by atoms with van der Waals surface area (Å²) in [6.07, 6.45) is 2.47. The van der Waals surface area contributed by atoms with Crippen LogP contribution in [0.3, 0.4) is 0 Å². The van der Waals surface area contributed by atoms with E-state index in [0.29, 0.717) is 13.0 Å². The van der Waals surface area contributed by atoms with E-state index in [9.17, 15) is 9.59 Å². The molecule has 1 aromatic carbocycles. The van der Waals surface area contributed by atoms with Gasteiger partial charge in [-0.2, -0.15) is 0 Å². The molecular weight excluding hydrogens is 290 g/mol. The highest BCUT2D eigenvalue weighted by atomic mass is 16.1. The van der Waals surface area contributed by atoms with Gasteiger partial charge in [0.15, 0.2) is 0 Å². The Labute approximate surface area is 135 Å². The number of primary amides is 1. The van der Waals surface area contributed by atoms with Crippen LogP contribution in [0.5, 0.6) is 0 Å². The van der Waals surface area contributed by atoms with Gasteiger partial charge in [0.25, 0.3) is 5.56 Å². The molecule has 120 valence electrons. The molecule has 0 saturated carbocycles. The van der Waals surface area contributed by atoms with Crippen LogP contribution in [0.1, 0.15) is 30.4 Å². The second kappa shape index (κ2) is 5.91.